The van der Waals surface area contributed by atoms with E-state index in [1.165, 1.54) is 22.4 Å². The Morgan fingerprint density at radius 1 is 1.20 bits per heavy atom. The van der Waals surface area contributed by atoms with E-state index < -0.39 is 0 Å². The number of nitrogens with one attached hydrogen (secondary N) is 2. The largest absolute Gasteiger partial charge is 0.364 e. The summed E-state index contributed by atoms with van der Waals surface area (Å²) in [6.07, 6.45) is 5.56. The normalized spacial score (nSPS) is 13.7. The highest BCUT2D eigenvalue weighted by Gasteiger charge is 2.23. The minimum absolute atomic E-state index is 0. The van der Waals surface area contributed by atoms with Gasteiger partial charge in [-0.05, 0) is 28.8 Å². The maximum Gasteiger partial charge on any atom is 0.207 e. The summed E-state index contributed by atoms with van der Waals surface area (Å²) in [5.41, 5.74) is 5.82. The van der Waals surface area contributed by atoms with Gasteiger partial charge in [0.25, 0.3) is 0 Å². The number of aromatic nitrogens is 2. The zero-order valence-electron chi connectivity index (χ0n) is 16.7. The summed E-state index contributed by atoms with van der Waals surface area (Å²) in [4.78, 5) is 16.1. The predicted octanol–water partition coefficient (Wildman–Crippen LogP) is 3.38. The van der Waals surface area contributed by atoms with Gasteiger partial charge in [-0.1, -0.05) is 36.4 Å². The molecule has 0 spiro atoms. The number of hydrogen-bond donors (Lipinski definition) is 2. The molecule has 4 rings (SSSR count). The number of imidazole rings is 1. The van der Waals surface area contributed by atoms with Gasteiger partial charge in [-0.2, -0.15) is 5.26 Å². The van der Waals surface area contributed by atoms with Crippen molar-refractivity contribution in [2.45, 2.75) is 13.1 Å². The maximum atomic E-state index is 9.09. The summed E-state index contributed by atoms with van der Waals surface area (Å²) in [5.74, 6) is 0.590. The van der Waals surface area contributed by atoms with Gasteiger partial charge in [0.1, 0.15) is 0 Å². The summed E-state index contributed by atoms with van der Waals surface area (Å²) in [6.45, 7) is 2.99. The smallest absolute Gasteiger partial charge is 0.207 e. The number of fused-ring (bicyclic) bond motifs is 1. The number of anilines is 1. The summed E-state index contributed by atoms with van der Waals surface area (Å²) in [5, 5.41) is 11.8. The maximum absolute atomic E-state index is 9.09. The van der Waals surface area contributed by atoms with E-state index in [-0.39, 0.29) is 12.4 Å². The van der Waals surface area contributed by atoms with Gasteiger partial charge in [-0.3, -0.25) is 10.3 Å². The van der Waals surface area contributed by atoms with Gasteiger partial charge in [0.2, 0.25) is 5.96 Å². The molecular weight excluding hydrogens is 398 g/mol. The zero-order valence-corrected chi connectivity index (χ0v) is 17.6. The van der Waals surface area contributed by atoms with Crippen molar-refractivity contribution in [1.82, 2.24) is 20.2 Å². The number of hydrogen-bond acceptors (Lipinski definition) is 4. The van der Waals surface area contributed by atoms with Crippen molar-refractivity contribution in [3.63, 3.8) is 0 Å². The highest BCUT2D eigenvalue weighted by Crippen LogP contribution is 2.31. The van der Waals surface area contributed by atoms with Crippen molar-refractivity contribution in [2.24, 2.45) is 4.99 Å². The highest BCUT2D eigenvalue weighted by molar-refractivity contribution is 5.85. The Balaban J connectivity index is 0.00000256. The van der Waals surface area contributed by atoms with Crippen molar-refractivity contribution in [2.75, 3.05) is 25.0 Å². The van der Waals surface area contributed by atoms with E-state index in [0.717, 1.165) is 25.3 Å². The molecule has 0 atom stereocenters. The van der Waals surface area contributed by atoms with Crippen LogP contribution in [0.15, 0.2) is 66.0 Å². The molecule has 1 aliphatic heterocycles. The number of nitriles is 1. The molecule has 2 heterocycles. The van der Waals surface area contributed by atoms with Crippen LogP contribution in [0.1, 0.15) is 11.3 Å². The topological polar surface area (TPSA) is 83.3 Å². The molecule has 154 valence electrons. The van der Waals surface area contributed by atoms with Crippen LogP contribution in [-0.4, -0.2) is 41.0 Å². The molecule has 0 aliphatic carbocycles. The van der Waals surface area contributed by atoms with Gasteiger partial charge in [0.05, 0.1) is 18.6 Å². The fourth-order valence-corrected chi connectivity index (χ4v) is 3.73. The summed E-state index contributed by atoms with van der Waals surface area (Å²) >= 11 is 0. The van der Waals surface area contributed by atoms with Crippen LogP contribution in [0.3, 0.4) is 0 Å². The highest BCUT2D eigenvalue weighted by atomic mass is 35.5. The van der Waals surface area contributed by atoms with Crippen LogP contribution < -0.4 is 10.2 Å². The van der Waals surface area contributed by atoms with Crippen molar-refractivity contribution in [3.8, 4) is 17.3 Å². The first-order valence-corrected chi connectivity index (χ1v) is 9.56. The number of halogens is 1. The number of H-pyrrole nitrogens is 1. The van der Waals surface area contributed by atoms with Crippen molar-refractivity contribution in [1.29, 1.82) is 5.26 Å². The molecule has 7 nitrogen and oxygen atoms in total. The van der Waals surface area contributed by atoms with Crippen LogP contribution in [0.4, 0.5) is 5.69 Å². The molecular formula is C22H24ClN7. The van der Waals surface area contributed by atoms with Crippen LogP contribution >= 0.6 is 12.4 Å². The van der Waals surface area contributed by atoms with E-state index in [1.54, 1.807) is 13.4 Å². The van der Waals surface area contributed by atoms with Crippen LogP contribution in [0.2, 0.25) is 0 Å². The first-order valence-electron chi connectivity index (χ1n) is 9.56. The van der Waals surface area contributed by atoms with Gasteiger partial charge in [0, 0.05) is 38.6 Å². The van der Waals surface area contributed by atoms with Gasteiger partial charge < -0.3 is 14.8 Å². The van der Waals surface area contributed by atoms with Crippen LogP contribution in [0, 0.1) is 11.5 Å². The monoisotopic (exact) mass is 421 g/mol. The minimum atomic E-state index is 0. The molecule has 2 N–H and O–H groups in total. The second-order valence-electron chi connectivity index (χ2n) is 6.91. The van der Waals surface area contributed by atoms with Crippen molar-refractivity contribution >= 4 is 24.1 Å². The quantitative estimate of drug-likeness (QED) is 0.293. The lowest BCUT2D eigenvalue weighted by molar-refractivity contribution is 0.417. The molecule has 0 radical (unpaired) electrons. The number of aromatic amines is 1. The molecule has 2 aromatic carbocycles. The Morgan fingerprint density at radius 3 is 2.73 bits per heavy atom. The molecule has 0 unspecified atom stereocenters. The molecule has 0 bridgehead atoms. The van der Waals surface area contributed by atoms with Gasteiger partial charge in [-0.25, -0.2) is 4.98 Å². The Bertz CT molecular complexity index is 1030. The van der Waals surface area contributed by atoms with E-state index in [9.17, 15) is 0 Å². The number of benzene rings is 2. The van der Waals surface area contributed by atoms with E-state index >= 15 is 0 Å². The molecule has 0 amide bonds. The molecule has 1 aromatic heterocycles. The lowest BCUT2D eigenvalue weighted by atomic mass is 10.0. The standard InChI is InChI=1S/C22H23N7.ClH/c1-24-22(26-15-23)29-10-9-28(14-20-12-25-16-27-20)21-8-7-18(11-19(21)13-29)17-5-3-2-4-6-17;/h2-8,11-12,16H,9-10,13-14H2,1H3,(H,24,26)(H,25,27);1H. The zero-order chi connectivity index (χ0) is 20.1. The molecule has 3 aromatic rings. The first-order chi connectivity index (χ1) is 14.3. The Hall–Kier alpha value is -3.50. The Kier molecular flexibility index (Phi) is 6.94. The lowest BCUT2D eigenvalue weighted by Crippen LogP contribution is -2.41. The summed E-state index contributed by atoms with van der Waals surface area (Å²) in [7, 11) is 1.70. The van der Waals surface area contributed by atoms with Gasteiger partial charge >= 0.3 is 0 Å². The number of aliphatic imine (C=N–C) groups is 1. The number of rotatable bonds is 3. The average Bonchev–Trinajstić information content (AvgIpc) is 3.21. The van der Waals surface area contributed by atoms with Crippen LogP contribution in [-0.2, 0) is 13.1 Å². The fourth-order valence-electron chi connectivity index (χ4n) is 3.73. The summed E-state index contributed by atoms with van der Waals surface area (Å²) in [6, 6.07) is 17.0. The third kappa shape index (κ3) is 4.56. The van der Waals surface area contributed by atoms with E-state index in [1.807, 2.05) is 18.5 Å². The number of guanidine groups is 1. The van der Waals surface area contributed by atoms with E-state index in [4.69, 9.17) is 5.26 Å². The average molecular weight is 422 g/mol. The molecule has 0 saturated heterocycles. The molecule has 8 heteroatoms. The number of nitrogens with zero attached hydrogens (tertiary/aromatic N) is 5. The summed E-state index contributed by atoms with van der Waals surface area (Å²) < 4.78 is 0. The van der Waals surface area contributed by atoms with E-state index in [2.05, 4.69) is 72.5 Å². The minimum Gasteiger partial charge on any atom is -0.364 e. The van der Waals surface area contributed by atoms with Crippen molar-refractivity contribution in [3.05, 3.63) is 72.3 Å². The van der Waals surface area contributed by atoms with E-state index in [0.29, 0.717) is 12.5 Å². The Morgan fingerprint density at radius 2 is 2.03 bits per heavy atom. The second kappa shape index (κ2) is 9.81. The molecule has 1 aliphatic rings. The van der Waals surface area contributed by atoms with Crippen LogP contribution in [0.5, 0.6) is 0 Å². The third-order valence-electron chi connectivity index (χ3n) is 5.12. The van der Waals surface area contributed by atoms with Crippen molar-refractivity contribution < 1.29 is 0 Å². The predicted molar refractivity (Wildman–Crippen MR) is 121 cm³/mol. The lowest BCUT2D eigenvalue weighted by Gasteiger charge is -2.25. The molecule has 0 fully saturated rings. The molecule has 30 heavy (non-hydrogen) atoms. The molecule has 0 saturated carbocycles. The third-order valence-corrected chi connectivity index (χ3v) is 5.12. The SMILES string of the molecule is CN=C(NC#N)N1CCN(Cc2cnc[nH]2)c2ccc(-c3ccccc3)cc2C1.Cl. The van der Waals surface area contributed by atoms with Crippen LogP contribution in [0.25, 0.3) is 11.1 Å². The fraction of sp³-hybridized carbons (Fsp3) is 0.227. The van der Waals surface area contributed by atoms with Gasteiger partial charge in [0.15, 0.2) is 6.19 Å². The Labute approximate surface area is 182 Å². The first kappa shape index (κ1) is 21.2. The van der Waals surface area contributed by atoms with Gasteiger partial charge in [-0.15, -0.1) is 12.4 Å². The second-order valence-corrected chi connectivity index (χ2v) is 6.91.